The fourth-order valence-electron chi connectivity index (χ4n) is 1.13. The molecule has 1 unspecified atom stereocenters. The summed E-state index contributed by atoms with van der Waals surface area (Å²) in [6.07, 6.45) is 4.07. The van der Waals surface area contributed by atoms with Crippen molar-refractivity contribution in [1.82, 2.24) is 9.97 Å². The predicted octanol–water partition coefficient (Wildman–Crippen LogP) is 1.61. The van der Waals surface area contributed by atoms with Crippen LogP contribution in [-0.2, 0) is 6.42 Å². The van der Waals surface area contributed by atoms with Crippen LogP contribution in [0.15, 0.2) is 12.4 Å². The van der Waals surface area contributed by atoms with Gasteiger partial charge in [-0.25, -0.2) is 9.97 Å². The van der Waals surface area contributed by atoms with Crippen LogP contribution in [0.1, 0.15) is 19.2 Å². The van der Waals surface area contributed by atoms with E-state index in [4.69, 9.17) is 5.73 Å². The third kappa shape index (κ3) is 4.48. The lowest BCUT2D eigenvalue weighted by atomic mass is 10.1. The molecule has 0 saturated carbocycles. The number of nitrogens with two attached hydrogens (primary N) is 1. The van der Waals surface area contributed by atoms with E-state index in [-0.39, 0.29) is 5.75 Å². The van der Waals surface area contributed by atoms with E-state index in [9.17, 15) is 8.78 Å². The van der Waals surface area contributed by atoms with Crippen molar-refractivity contribution in [2.75, 3.05) is 6.54 Å². The normalized spacial score (nSPS) is 12.8. The summed E-state index contributed by atoms with van der Waals surface area (Å²) in [5.41, 5.74) is 5.47. The van der Waals surface area contributed by atoms with Crippen molar-refractivity contribution < 1.29 is 13.5 Å². The van der Waals surface area contributed by atoms with Crippen LogP contribution < -0.4 is 10.5 Å². The lowest BCUT2D eigenvalue weighted by Crippen LogP contribution is -2.12. The van der Waals surface area contributed by atoms with Crippen LogP contribution in [0.25, 0.3) is 0 Å². The van der Waals surface area contributed by atoms with Crippen molar-refractivity contribution in [3.63, 3.8) is 0 Å². The monoisotopic (exact) mass is 231 g/mol. The minimum Gasteiger partial charge on any atom is -0.432 e. The number of hydrogen-bond acceptors (Lipinski definition) is 4. The van der Waals surface area contributed by atoms with Gasteiger partial charge in [0.1, 0.15) is 5.82 Å². The van der Waals surface area contributed by atoms with E-state index in [2.05, 4.69) is 14.7 Å². The van der Waals surface area contributed by atoms with Gasteiger partial charge < -0.3 is 10.5 Å². The van der Waals surface area contributed by atoms with Gasteiger partial charge in [0, 0.05) is 6.42 Å². The molecule has 1 rings (SSSR count). The van der Waals surface area contributed by atoms with E-state index in [0.717, 1.165) is 6.42 Å². The molecule has 90 valence electrons. The van der Waals surface area contributed by atoms with Crippen LogP contribution in [-0.4, -0.2) is 23.1 Å². The molecule has 1 aromatic heterocycles. The molecule has 0 amide bonds. The molecular weight excluding hydrogens is 216 g/mol. The van der Waals surface area contributed by atoms with Crippen LogP contribution in [0, 0.1) is 5.92 Å². The van der Waals surface area contributed by atoms with Crippen molar-refractivity contribution >= 4 is 0 Å². The summed E-state index contributed by atoms with van der Waals surface area (Å²) in [7, 11) is 0. The maximum atomic E-state index is 11.8. The first-order chi connectivity index (χ1) is 7.61. The molecule has 0 fully saturated rings. The number of ether oxygens (including phenoxy) is 1. The highest BCUT2D eigenvalue weighted by atomic mass is 19.3. The van der Waals surface area contributed by atoms with E-state index >= 15 is 0 Å². The fraction of sp³-hybridized carbons (Fsp3) is 0.600. The zero-order chi connectivity index (χ0) is 12.0. The number of rotatable bonds is 6. The Morgan fingerprint density at radius 2 is 2.00 bits per heavy atom. The Balaban J connectivity index is 2.45. The predicted molar refractivity (Wildman–Crippen MR) is 55.2 cm³/mol. The van der Waals surface area contributed by atoms with E-state index in [1.165, 1.54) is 12.4 Å². The molecule has 1 heterocycles. The summed E-state index contributed by atoms with van der Waals surface area (Å²) in [5.74, 6) is 0.994. The quantitative estimate of drug-likeness (QED) is 0.807. The molecule has 0 aromatic carbocycles. The highest BCUT2D eigenvalue weighted by Crippen LogP contribution is 2.11. The van der Waals surface area contributed by atoms with Gasteiger partial charge in [0.25, 0.3) is 0 Å². The number of nitrogens with zero attached hydrogens (tertiary/aromatic N) is 2. The van der Waals surface area contributed by atoms with Crippen molar-refractivity contribution in [1.29, 1.82) is 0 Å². The topological polar surface area (TPSA) is 61.0 Å². The zero-order valence-corrected chi connectivity index (χ0v) is 9.07. The van der Waals surface area contributed by atoms with Gasteiger partial charge in [0.2, 0.25) is 0 Å². The van der Waals surface area contributed by atoms with E-state index in [0.29, 0.717) is 24.7 Å². The first-order valence-corrected chi connectivity index (χ1v) is 5.07. The number of halogens is 2. The second-order valence-corrected chi connectivity index (χ2v) is 3.59. The second-order valence-electron chi connectivity index (χ2n) is 3.59. The first-order valence-electron chi connectivity index (χ1n) is 5.07. The molecule has 0 bridgehead atoms. The summed E-state index contributed by atoms with van der Waals surface area (Å²) in [6, 6.07) is 0. The molecule has 6 heteroatoms. The molecular formula is C10H15F2N3O. The molecule has 0 saturated heterocycles. The average Bonchev–Trinajstić information content (AvgIpc) is 2.27. The van der Waals surface area contributed by atoms with Crippen LogP contribution >= 0.6 is 0 Å². The van der Waals surface area contributed by atoms with E-state index in [1.807, 2.05) is 6.92 Å². The Labute approximate surface area is 92.8 Å². The highest BCUT2D eigenvalue weighted by Gasteiger charge is 2.06. The minimum atomic E-state index is -2.84. The summed E-state index contributed by atoms with van der Waals surface area (Å²) in [6.45, 7) is -0.187. The smallest absolute Gasteiger partial charge is 0.387 e. The van der Waals surface area contributed by atoms with Crippen LogP contribution in [0.2, 0.25) is 0 Å². The number of aromatic nitrogens is 2. The maximum absolute atomic E-state index is 11.8. The SMILES string of the molecule is CC(CN)CCc1ncc(OC(F)F)cn1. The van der Waals surface area contributed by atoms with Gasteiger partial charge in [-0.1, -0.05) is 6.92 Å². The van der Waals surface area contributed by atoms with Gasteiger partial charge in [-0.3, -0.25) is 0 Å². The molecule has 2 N–H and O–H groups in total. The van der Waals surface area contributed by atoms with Crippen LogP contribution in [0.4, 0.5) is 8.78 Å². The minimum absolute atomic E-state index is 0.0226. The van der Waals surface area contributed by atoms with Gasteiger partial charge >= 0.3 is 6.61 Å². The number of alkyl halides is 2. The van der Waals surface area contributed by atoms with E-state index < -0.39 is 6.61 Å². The van der Waals surface area contributed by atoms with Crippen molar-refractivity contribution in [3.8, 4) is 5.75 Å². The molecule has 0 aliphatic heterocycles. The van der Waals surface area contributed by atoms with E-state index in [1.54, 1.807) is 0 Å². The Hall–Kier alpha value is -1.30. The second kappa shape index (κ2) is 6.32. The standard InChI is InChI=1S/C10H15F2N3O/c1-7(4-13)2-3-9-14-5-8(6-15-9)16-10(11)12/h5-7,10H,2-4,13H2,1H3. The molecule has 0 spiro atoms. The van der Waals surface area contributed by atoms with Gasteiger partial charge in [-0.05, 0) is 18.9 Å². The first kappa shape index (κ1) is 12.8. The summed E-state index contributed by atoms with van der Waals surface area (Å²) in [4.78, 5) is 7.86. The summed E-state index contributed by atoms with van der Waals surface area (Å²) in [5, 5.41) is 0. The zero-order valence-electron chi connectivity index (χ0n) is 9.07. The van der Waals surface area contributed by atoms with Gasteiger partial charge in [0.05, 0.1) is 12.4 Å². The molecule has 1 aromatic rings. The van der Waals surface area contributed by atoms with Gasteiger partial charge in [-0.15, -0.1) is 0 Å². The van der Waals surface area contributed by atoms with Crippen LogP contribution in [0.5, 0.6) is 5.75 Å². The maximum Gasteiger partial charge on any atom is 0.387 e. The van der Waals surface area contributed by atoms with Crippen molar-refractivity contribution in [2.24, 2.45) is 11.7 Å². The van der Waals surface area contributed by atoms with Gasteiger partial charge in [0.15, 0.2) is 5.75 Å². The Morgan fingerprint density at radius 1 is 1.38 bits per heavy atom. The number of hydrogen-bond donors (Lipinski definition) is 1. The Bertz CT molecular complexity index is 305. The molecule has 0 aliphatic rings. The van der Waals surface area contributed by atoms with Crippen molar-refractivity contribution in [2.45, 2.75) is 26.4 Å². The summed E-state index contributed by atoms with van der Waals surface area (Å²) >= 11 is 0. The lowest BCUT2D eigenvalue weighted by molar-refractivity contribution is -0.0503. The average molecular weight is 231 g/mol. The molecule has 16 heavy (non-hydrogen) atoms. The fourth-order valence-corrected chi connectivity index (χ4v) is 1.13. The Kier molecular flexibility index (Phi) is 5.04. The largest absolute Gasteiger partial charge is 0.432 e. The molecule has 4 nitrogen and oxygen atoms in total. The van der Waals surface area contributed by atoms with Crippen molar-refractivity contribution in [3.05, 3.63) is 18.2 Å². The third-order valence-electron chi connectivity index (χ3n) is 2.17. The molecule has 1 atom stereocenters. The lowest BCUT2D eigenvalue weighted by Gasteiger charge is -2.07. The summed E-state index contributed by atoms with van der Waals surface area (Å²) < 4.78 is 27.8. The third-order valence-corrected chi connectivity index (χ3v) is 2.17. The molecule has 0 radical (unpaired) electrons. The number of aryl methyl sites for hydroxylation is 1. The Morgan fingerprint density at radius 3 is 2.50 bits per heavy atom. The molecule has 0 aliphatic carbocycles. The highest BCUT2D eigenvalue weighted by molar-refractivity contribution is 5.12. The van der Waals surface area contributed by atoms with Crippen LogP contribution in [0.3, 0.4) is 0 Å². The van der Waals surface area contributed by atoms with Gasteiger partial charge in [-0.2, -0.15) is 8.78 Å².